The molecule has 2 atom stereocenters. The van der Waals surface area contributed by atoms with E-state index in [1.807, 2.05) is 24.3 Å². The first-order valence-electron chi connectivity index (χ1n) is 10.8. The topological polar surface area (TPSA) is 111 Å². The van der Waals surface area contributed by atoms with Crippen LogP contribution in [0.3, 0.4) is 0 Å². The normalized spacial score (nSPS) is 13.1. The zero-order chi connectivity index (χ0) is 23.5. The fourth-order valence-electron chi connectivity index (χ4n) is 3.89. The number of aromatic amines is 1. The molecule has 172 valence electrons. The van der Waals surface area contributed by atoms with Crippen molar-refractivity contribution in [2.24, 2.45) is 5.92 Å². The van der Waals surface area contributed by atoms with Crippen LogP contribution < -0.4 is 20.3 Å². The Balaban J connectivity index is 1.63. The van der Waals surface area contributed by atoms with Gasteiger partial charge in [-0.25, -0.2) is 9.67 Å². The van der Waals surface area contributed by atoms with E-state index in [1.54, 1.807) is 12.1 Å². The molecular weight excluding hydrogens is 422 g/mol. The van der Waals surface area contributed by atoms with Gasteiger partial charge in [0.05, 0.1) is 42.9 Å². The van der Waals surface area contributed by atoms with Crippen LogP contribution in [0.5, 0.6) is 11.5 Å². The molecule has 2 heterocycles. The van der Waals surface area contributed by atoms with Crippen molar-refractivity contribution in [1.82, 2.24) is 25.1 Å². The number of amides is 1. The maximum Gasteiger partial charge on any atom is 0.279 e. The van der Waals surface area contributed by atoms with Crippen LogP contribution in [-0.4, -0.2) is 39.9 Å². The fraction of sp³-hybridized carbons (Fsp3) is 0.333. The first-order chi connectivity index (χ1) is 16.0. The molecule has 0 aliphatic rings. The van der Waals surface area contributed by atoms with Gasteiger partial charge in [0.25, 0.3) is 5.56 Å². The minimum Gasteiger partial charge on any atom is -0.493 e. The van der Waals surface area contributed by atoms with Gasteiger partial charge in [-0.2, -0.15) is 5.10 Å². The lowest BCUT2D eigenvalue weighted by molar-refractivity contribution is -0.123. The van der Waals surface area contributed by atoms with Crippen LogP contribution in [0.25, 0.3) is 21.8 Å². The van der Waals surface area contributed by atoms with Crippen LogP contribution in [-0.2, 0) is 11.3 Å². The number of ether oxygens (including phenoxy) is 2. The smallest absolute Gasteiger partial charge is 0.279 e. The number of carbonyl (C=O) groups is 1. The minimum absolute atomic E-state index is 0.125. The molecule has 2 aromatic carbocycles. The number of hydrogen-bond donors (Lipinski definition) is 2. The maximum absolute atomic E-state index is 13.1. The Morgan fingerprint density at radius 2 is 1.97 bits per heavy atom. The van der Waals surface area contributed by atoms with E-state index in [2.05, 4.69) is 34.2 Å². The van der Waals surface area contributed by atoms with Crippen LogP contribution in [0.1, 0.15) is 32.1 Å². The Hall–Kier alpha value is -3.88. The van der Waals surface area contributed by atoms with E-state index in [-0.39, 0.29) is 24.4 Å². The predicted octanol–water partition coefficient (Wildman–Crippen LogP) is 3.19. The summed E-state index contributed by atoms with van der Waals surface area (Å²) in [6.07, 6.45) is 2.38. The molecule has 33 heavy (non-hydrogen) atoms. The van der Waals surface area contributed by atoms with Gasteiger partial charge in [0.1, 0.15) is 12.4 Å². The van der Waals surface area contributed by atoms with Crippen molar-refractivity contribution in [2.75, 3.05) is 14.2 Å². The van der Waals surface area contributed by atoms with E-state index in [0.717, 1.165) is 22.1 Å². The number of nitrogens with one attached hydrogen (secondary N) is 2. The zero-order valence-corrected chi connectivity index (χ0v) is 19.1. The summed E-state index contributed by atoms with van der Waals surface area (Å²) in [6, 6.07) is 10.8. The Bertz CT molecular complexity index is 1330. The number of aromatic nitrogens is 4. The standard InChI is InChI=1S/C24H27N5O4/c1-5-14(2)21(23-26-16-8-6-7-9-17(16)27-23)28-19(30)13-29-24(31)20-15(12-25-29)10-11-18(32-3)22(20)33-4/h6-12,14,21H,5,13H2,1-4H3,(H,26,27)(H,28,30)/t14-,21+/m1/s1. The Morgan fingerprint density at radius 3 is 2.67 bits per heavy atom. The number of para-hydroxylation sites is 2. The molecule has 0 saturated carbocycles. The predicted molar refractivity (Wildman–Crippen MR) is 126 cm³/mol. The molecule has 0 unspecified atom stereocenters. The largest absolute Gasteiger partial charge is 0.493 e. The summed E-state index contributed by atoms with van der Waals surface area (Å²) in [5.41, 5.74) is 1.31. The van der Waals surface area contributed by atoms with Crippen molar-refractivity contribution in [2.45, 2.75) is 32.9 Å². The van der Waals surface area contributed by atoms with E-state index < -0.39 is 5.56 Å². The van der Waals surface area contributed by atoms with E-state index in [1.165, 1.54) is 20.4 Å². The van der Waals surface area contributed by atoms with Gasteiger partial charge in [0.15, 0.2) is 11.5 Å². The third-order valence-corrected chi connectivity index (χ3v) is 5.89. The molecule has 0 radical (unpaired) electrons. The number of fused-ring (bicyclic) bond motifs is 2. The highest BCUT2D eigenvalue weighted by atomic mass is 16.5. The molecule has 0 spiro atoms. The Kier molecular flexibility index (Phi) is 6.30. The number of carbonyl (C=O) groups excluding carboxylic acids is 1. The van der Waals surface area contributed by atoms with Gasteiger partial charge in [-0.15, -0.1) is 0 Å². The molecule has 2 aromatic heterocycles. The monoisotopic (exact) mass is 449 g/mol. The van der Waals surface area contributed by atoms with Gasteiger partial charge in [0.2, 0.25) is 5.91 Å². The Labute approximate surface area is 190 Å². The van der Waals surface area contributed by atoms with Gasteiger partial charge in [0, 0.05) is 5.39 Å². The molecule has 9 heteroatoms. The summed E-state index contributed by atoms with van der Waals surface area (Å²) in [5, 5.41) is 8.13. The average Bonchev–Trinajstić information content (AvgIpc) is 3.27. The maximum atomic E-state index is 13.1. The molecule has 1 amide bonds. The lowest BCUT2D eigenvalue weighted by atomic mass is 9.98. The van der Waals surface area contributed by atoms with Gasteiger partial charge < -0.3 is 19.8 Å². The molecule has 0 aliphatic carbocycles. The van der Waals surface area contributed by atoms with Crippen molar-refractivity contribution < 1.29 is 14.3 Å². The molecule has 9 nitrogen and oxygen atoms in total. The zero-order valence-electron chi connectivity index (χ0n) is 19.1. The molecule has 2 N–H and O–H groups in total. The van der Waals surface area contributed by atoms with Crippen molar-refractivity contribution in [3.63, 3.8) is 0 Å². The number of H-pyrrole nitrogens is 1. The van der Waals surface area contributed by atoms with E-state index in [4.69, 9.17) is 9.47 Å². The highest BCUT2D eigenvalue weighted by Crippen LogP contribution is 2.32. The number of rotatable bonds is 8. The Morgan fingerprint density at radius 1 is 1.18 bits per heavy atom. The second kappa shape index (κ2) is 9.32. The average molecular weight is 450 g/mol. The van der Waals surface area contributed by atoms with Crippen molar-refractivity contribution in [3.05, 3.63) is 58.8 Å². The molecule has 0 saturated heterocycles. The number of methoxy groups -OCH3 is 2. The lowest BCUT2D eigenvalue weighted by Gasteiger charge is -2.22. The van der Waals surface area contributed by atoms with Gasteiger partial charge in [-0.1, -0.05) is 32.4 Å². The molecular formula is C24H27N5O4. The van der Waals surface area contributed by atoms with Crippen LogP contribution in [0.4, 0.5) is 0 Å². The first kappa shape index (κ1) is 22.3. The van der Waals surface area contributed by atoms with E-state index >= 15 is 0 Å². The minimum atomic E-state index is -0.428. The molecule has 0 fully saturated rings. The summed E-state index contributed by atoms with van der Waals surface area (Å²) in [4.78, 5) is 34.1. The lowest BCUT2D eigenvalue weighted by Crippen LogP contribution is -2.38. The van der Waals surface area contributed by atoms with Crippen molar-refractivity contribution >= 4 is 27.7 Å². The van der Waals surface area contributed by atoms with Crippen LogP contribution in [0.2, 0.25) is 0 Å². The third kappa shape index (κ3) is 4.26. The summed E-state index contributed by atoms with van der Waals surface area (Å²) in [6.45, 7) is 3.87. The van der Waals surface area contributed by atoms with Crippen molar-refractivity contribution in [3.8, 4) is 11.5 Å². The number of imidazole rings is 1. The molecule has 0 bridgehead atoms. The van der Waals surface area contributed by atoms with Gasteiger partial charge >= 0.3 is 0 Å². The first-order valence-corrected chi connectivity index (χ1v) is 10.8. The second-order valence-corrected chi connectivity index (χ2v) is 7.94. The third-order valence-electron chi connectivity index (χ3n) is 5.89. The summed E-state index contributed by atoms with van der Waals surface area (Å²) in [5.74, 6) is 1.23. The highest BCUT2D eigenvalue weighted by molar-refractivity contribution is 5.89. The molecule has 4 rings (SSSR count). The van der Waals surface area contributed by atoms with Crippen LogP contribution in [0.15, 0.2) is 47.4 Å². The van der Waals surface area contributed by atoms with E-state index in [9.17, 15) is 9.59 Å². The number of nitrogens with zero attached hydrogens (tertiary/aromatic N) is 3. The van der Waals surface area contributed by atoms with Crippen molar-refractivity contribution in [1.29, 1.82) is 0 Å². The second-order valence-electron chi connectivity index (χ2n) is 7.94. The fourth-order valence-corrected chi connectivity index (χ4v) is 3.89. The van der Waals surface area contributed by atoms with Crippen LogP contribution in [0, 0.1) is 5.92 Å². The summed E-state index contributed by atoms with van der Waals surface area (Å²) < 4.78 is 11.8. The quantitative estimate of drug-likeness (QED) is 0.427. The number of benzene rings is 2. The van der Waals surface area contributed by atoms with E-state index in [0.29, 0.717) is 28.1 Å². The molecule has 4 aromatic rings. The van der Waals surface area contributed by atoms with Gasteiger partial charge in [-0.3, -0.25) is 9.59 Å². The number of hydrogen-bond acceptors (Lipinski definition) is 6. The highest BCUT2D eigenvalue weighted by Gasteiger charge is 2.24. The molecule has 0 aliphatic heterocycles. The summed E-state index contributed by atoms with van der Waals surface area (Å²) in [7, 11) is 2.97. The summed E-state index contributed by atoms with van der Waals surface area (Å²) >= 11 is 0. The van der Waals surface area contributed by atoms with Crippen LogP contribution >= 0.6 is 0 Å². The van der Waals surface area contributed by atoms with Gasteiger partial charge in [-0.05, 0) is 30.2 Å². The SMILES string of the molecule is CC[C@@H](C)[C@H](NC(=O)Cn1ncc2ccc(OC)c(OC)c2c1=O)c1nc2ccccc2[nH]1.